The normalized spacial score (nSPS) is 11.6. The summed E-state index contributed by atoms with van der Waals surface area (Å²) in [6, 6.07) is 10.2. The van der Waals surface area contributed by atoms with Gasteiger partial charge in [-0.3, -0.25) is 4.99 Å². The minimum absolute atomic E-state index is 0.377. The summed E-state index contributed by atoms with van der Waals surface area (Å²) in [6.45, 7) is 2.55. The Hall–Kier alpha value is -2.67. The molecule has 2 aromatic heterocycles. The lowest BCUT2D eigenvalue weighted by Gasteiger charge is -2.02. The second kappa shape index (κ2) is 7.06. The van der Waals surface area contributed by atoms with Crippen molar-refractivity contribution in [2.45, 2.75) is 13.3 Å². The number of rotatable bonds is 5. The molecule has 0 aliphatic carbocycles. The van der Waals surface area contributed by atoms with Gasteiger partial charge in [-0.15, -0.1) is 11.3 Å². The summed E-state index contributed by atoms with van der Waals surface area (Å²) in [5, 5.41) is 5.69. The van der Waals surface area contributed by atoms with Crippen LogP contribution < -0.4 is 11.1 Å². The molecule has 3 aromatic rings. The molecule has 0 atom stereocenters. The quantitative estimate of drug-likeness (QED) is 0.496. The van der Waals surface area contributed by atoms with Crippen molar-refractivity contribution >= 4 is 22.4 Å². The minimum Gasteiger partial charge on any atom is -0.370 e. The molecule has 0 amide bonds. The second-order valence-corrected chi connectivity index (χ2v) is 5.91. The van der Waals surface area contributed by atoms with E-state index >= 15 is 0 Å². The molecule has 2 heterocycles. The first-order valence-electron chi connectivity index (χ1n) is 7.29. The molecule has 4 N–H and O–H groups in total. The third-order valence-electron chi connectivity index (χ3n) is 3.24. The highest BCUT2D eigenvalue weighted by molar-refractivity contribution is 7.14. The van der Waals surface area contributed by atoms with Crippen LogP contribution in [0.1, 0.15) is 11.4 Å². The molecule has 6 nitrogen and oxygen atoms in total. The average Bonchev–Trinajstić information content (AvgIpc) is 3.17. The van der Waals surface area contributed by atoms with Gasteiger partial charge >= 0.3 is 0 Å². The maximum absolute atomic E-state index is 5.91. The fourth-order valence-corrected chi connectivity index (χ4v) is 2.82. The molecule has 0 saturated carbocycles. The summed E-state index contributed by atoms with van der Waals surface area (Å²) in [7, 11) is 0. The predicted octanol–water partition coefficient (Wildman–Crippen LogP) is 2.81. The van der Waals surface area contributed by atoms with E-state index in [0.717, 1.165) is 23.6 Å². The molecular formula is C16H18N6S. The van der Waals surface area contributed by atoms with Crippen LogP contribution in [0.25, 0.3) is 11.4 Å². The predicted molar refractivity (Wildman–Crippen MR) is 94.7 cm³/mol. The number of nitrogens with one attached hydrogen (secondary N) is 2. The number of aliphatic imine (C=N–C) groups is 1. The van der Waals surface area contributed by atoms with E-state index in [0.29, 0.717) is 17.6 Å². The summed E-state index contributed by atoms with van der Waals surface area (Å²) in [6.07, 6.45) is 2.63. The number of guanidine groups is 1. The van der Waals surface area contributed by atoms with E-state index in [1.165, 1.54) is 16.9 Å². The summed E-state index contributed by atoms with van der Waals surface area (Å²) >= 11 is 1.48. The number of imidazole rings is 1. The van der Waals surface area contributed by atoms with E-state index in [9.17, 15) is 0 Å². The number of aromatic amines is 1. The van der Waals surface area contributed by atoms with Gasteiger partial charge < -0.3 is 16.0 Å². The van der Waals surface area contributed by atoms with E-state index in [2.05, 4.69) is 37.4 Å². The molecule has 118 valence electrons. The smallest absolute Gasteiger partial charge is 0.194 e. The Balaban J connectivity index is 1.56. The van der Waals surface area contributed by atoms with Crippen molar-refractivity contribution in [1.29, 1.82) is 0 Å². The summed E-state index contributed by atoms with van der Waals surface area (Å²) in [5.74, 6) is 1.24. The Morgan fingerprint density at radius 1 is 1.35 bits per heavy atom. The average molecular weight is 326 g/mol. The van der Waals surface area contributed by atoms with E-state index in [4.69, 9.17) is 5.73 Å². The number of nitrogens with zero attached hydrogens (tertiary/aromatic N) is 3. The second-order valence-electron chi connectivity index (χ2n) is 5.05. The van der Waals surface area contributed by atoms with Crippen molar-refractivity contribution in [3.05, 3.63) is 53.3 Å². The van der Waals surface area contributed by atoms with Gasteiger partial charge in [-0.05, 0) is 18.9 Å². The molecule has 0 spiro atoms. The third-order valence-corrected chi connectivity index (χ3v) is 4.00. The first kappa shape index (κ1) is 15.2. The van der Waals surface area contributed by atoms with Crippen LogP contribution in [0.5, 0.6) is 0 Å². The van der Waals surface area contributed by atoms with Crippen LogP contribution in [-0.4, -0.2) is 27.5 Å². The van der Waals surface area contributed by atoms with Gasteiger partial charge in [-0.1, -0.05) is 30.3 Å². The zero-order chi connectivity index (χ0) is 16.1. The molecule has 3 rings (SSSR count). The lowest BCUT2D eigenvalue weighted by molar-refractivity contribution is 0.964. The minimum atomic E-state index is 0.377. The maximum Gasteiger partial charge on any atom is 0.194 e. The van der Waals surface area contributed by atoms with E-state index in [-0.39, 0.29) is 0 Å². The van der Waals surface area contributed by atoms with Gasteiger partial charge in [0.2, 0.25) is 0 Å². The van der Waals surface area contributed by atoms with Gasteiger partial charge in [0.1, 0.15) is 11.5 Å². The highest BCUT2D eigenvalue weighted by Gasteiger charge is 2.07. The molecular weight excluding hydrogens is 308 g/mol. The van der Waals surface area contributed by atoms with Gasteiger partial charge in [0.05, 0.1) is 11.9 Å². The van der Waals surface area contributed by atoms with Crippen LogP contribution in [-0.2, 0) is 6.42 Å². The Bertz CT molecular complexity index is 790. The van der Waals surface area contributed by atoms with Crippen LogP contribution >= 0.6 is 11.3 Å². The summed E-state index contributed by atoms with van der Waals surface area (Å²) < 4.78 is 0. The van der Waals surface area contributed by atoms with Crippen LogP contribution in [0.15, 0.2) is 46.9 Å². The van der Waals surface area contributed by atoms with Crippen molar-refractivity contribution in [2.75, 3.05) is 11.9 Å². The third kappa shape index (κ3) is 4.17. The topological polar surface area (TPSA) is 92.0 Å². The number of aryl methyl sites for hydroxylation is 1. The molecule has 0 radical (unpaired) electrons. The fraction of sp³-hybridized carbons (Fsp3) is 0.188. The molecule has 1 aromatic carbocycles. The SMILES string of the molecule is Cc1ncc(-c2csc(NC(N)=NCCc3ccccc3)n2)[nH]1. The fourth-order valence-electron chi connectivity index (χ4n) is 2.11. The standard InChI is InChI=1S/C16H18N6S/c1-11-19-9-13(20-11)14-10-23-16(21-14)22-15(17)18-8-7-12-5-3-2-4-6-12/h2-6,9-10H,7-8H2,1H3,(H,19,20)(H3,17,18,21,22). The van der Waals surface area contributed by atoms with Gasteiger partial charge in [-0.25, -0.2) is 9.97 Å². The first-order chi connectivity index (χ1) is 11.2. The number of thiazole rings is 1. The van der Waals surface area contributed by atoms with Gasteiger partial charge in [0, 0.05) is 11.9 Å². The number of aromatic nitrogens is 3. The molecule has 7 heteroatoms. The summed E-state index contributed by atoms with van der Waals surface area (Å²) in [4.78, 5) is 16.1. The Kier molecular flexibility index (Phi) is 4.68. The van der Waals surface area contributed by atoms with Crippen LogP contribution in [0.3, 0.4) is 0 Å². The first-order valence-corrected chi connectivity index (χ1v) is 8.17. The Morgan fingerprint density at radius 3 is 2.91 bits per heavy atom. The Labute approximate surface area is 138 Å². The van der Waals surface area contributed by atoms with E-state index < -0.39 is 0 Å². The molecule has 0 aliphatic rings. The molecule has 0 unspecified atom stereocenters. The number of H-pyrrole nitrogens is 1. The molecule has 0 saturated heterocycles. The number of hydrogen-bond acceptors (Lipinski definition) is 4. The lowest BCUT2D eigenvalue weighted by Crippen LogP contribution is -2.23. The largest absolute Gasteiger partial charge is 0.370 e. The highest BCUT2D eigenvalue weighted by atomic mass is 32.1. The highest BCUT2D eigenvalue weighted by Crippen LogP contribution is 2.23. The lowest BCUT2D eigenvalue weighted by atomic mass is 10.2. The van der Waals surface area contributed by atoms with Crippen molar-refractivity contribution in [3.8, 4) is 11.4 Å². The van der Waals surface area contributed by atoms with Crippen LogP contribution in [0.2, 0.25) is 0 Å². The monoisotopic (exact) mass is 326 g/mol. The van der Waals surface area contributed by atoms with Gasteiger partial charge in [0.25, 0.3) is 0 Å². The number of benzene rings is 1. The van der Waals surface area contributed by atoms with Crippen molar-refractivity contribution in [2.24, 2.45) is 10.7 Å². The molecule has 0 aliphatic heterocycles. The molecule has 0 fully saturated rings. The van der Waals surface area contributed by atoms with Crippen molar-refractivity contribution in [1.82, 2.24) is 15.0 Å². The Morgan fingerprint density at radius 2 is 2.17 bits per heavy atom. The van der Waals surface area contributed by atoms with Gasteiger partial charge in [-0.2, -0.15) is 0 Å². The number of hydrogen-bond donors (Lipinski definition) is 3. The summed E-state index contributed by atoms with van der Waals surface area (Å²) in [5.41, 5.74) is 8.89. The van der Waals surface area contributed by atoms with Crippen molar-refractivity contribution < 1.29 is 0 Å². The van der Waals surface area contributed by atoms with Gasteiger partial charge in [0.15, 0.2) is 11.1 Å². The number of anilines is 1. The zero-order valence-corrected chi connectivity index (χ0v) is 13.6. The molecule has 0 bridgehead atoms. The van der Waals surface area contributed by atoms with E-state index in [1.807, 2.05) is 30.5 Å². The van der Waals surface area contributed by atoms with Crippen molar-refractivity contribution in [3.63, 3.8) is 0 Å². The zero-order valence-electron chi connectivity index (χ0n) is 12.8. The number of nitrogens with two attached hydrogens (primary N) is 1. The van der Waals surface area contributed by atoms with Crippen LogP contribution in [0, 0.1) is 6.92 Å². The van der Waals surface area contributed by atoms with Crippen LogP contribution in [0.4, 0.5) is 5.13 Å². The van der Waals surface area contributed by atoms with E-state index in [1.54, 1.807) is 6.20 Å². The molecule has 23 heavy (non-hydrogen) atoms. The maximum atomic E-state index is 5.91.